The highest BCUT2D eigenvalue weighted by atomic mass is 35.5. The van der Waals surface area contributed by atoms with E-state index in [4.69, 9.17) is 27.9 Å². The molecule has 0 saturated heterocycles. The topological polar surface area (TPSA) is 100 Å². The van der Waals surface area contributed by atoms with Crippen LogP contribution in [-0.2, 0) is 16.1 Å². The summed E-state index contributed by atoms with van der Waals surface area (Å²) in [5.41, 5.74) is 3.29. The van der Waals surface area contributed by atoms with E-state index in [0.29, 0.717) is 21.2 Å². The van der Waals surface area contributed by atoms with Gasteiger partial charge in [-0.2, -0.15) is 5.10 Å². The highest BCUT2D eigenvalue weighted by Gasteiger charge is 2.13. The SMILES string of the molecule is COc1cc(/C=N\NC(=O)C(=O)NCc2ccc(Cl)cc2Cl)ccc1O. The lowest BCUT2D eigenvalue weighted by Gasteiger charge is -2.06. The van der Waals surface area contributed by atoms with E-state index in [1.54, 1.807) is 24.3 Å². The van der Waals surface area contributed by atoms with E-state index in [1.807, 2.05) is 0 Å². The molecule has 0 aliphatic rings. The first-order chi connectivity index (χ1) is 12.4. The third-order valence-corrected chi connectivity index (χ3v) is 3.83. The summed E-state index contributed by atoms with van der Waals surface area (Å²) >= 11 is 11.8. The number of amides is 2. The number of methoxy groups -OCH3 is 1. The third-order valence-electron chi connectivity index (χ3n) is 3.24. The van der Waals surface area contributed by atoms with E-state index in [-0.39, 0.29) is 18.0 Å². The monoisotopic (exact) mass is 395 g/mol. The number of ether oxygens (including phenoxy) is 1. The van der Waals surface area contributed by atoms with Crippen LogP contribution < -0.4 is 15.5 Å². The highest BCUT2D eigenvalue weighted by Crippen LogP contribution is 2.25. The van der Waals surface area contributed by atoms with E-state index in [1.165, 1.54) is 25.5 Å². The molecule has 0 saturated carbocycles. The van der Waals surface area contributed by atoms with Gasteiger partial charge in [-0.05, 0) is 41.5 Å². The fourth-order valence-electron chi connectivity index (χ4n) is 1.91. The second-order valence-electron chi connectivity index (χ2n) is 5.05. The molecule has 0 aromatic heterocycles. The predicted molar refractivity (Wildman–Crippen MR) is 98.7 cm³/mol. The molecule has 0 unspecified atom stereocenters. The maximum Gasteiger partial charge on any atom is 0.329 e. The van der Waals surface area contributed by atoms with Crippen molar-refractivity contribution in [3.63, 3.8) is 0 Å². The van der Waals surface area contributed by atoms with Crippen molar-refractivity contribution < 1.29 is 19.4 Å². The minimum Gasteiger partial charge on any atom is -0.504 e. The molecule has 2 rings (SSSR count). The lowest BCUT2D eigenvalue weighted by atomic mass is 10.2. The quantitative estimate of drug-likeness (QED) is 0.411. The predicted octanol–water partition coefficient (Wildman–Crippen LogP) is 2.47. The maximum absolute atomic E-state index is 11.8. The van der Waals surface area contributed by atoms with Gasteiger partial charge in [0.2, 0.25) is 0 Å². The van der Waals surface area contributed by atoms with Crippen molar-refractivity contribution in [3.05, 3.63) is 57.6 Å². The summed E-state index contributed by atoms with van der Waals surface area (Å²) in [6.45, 7) is 0.0706. The normalized spacial score (nSPS) is 10.6. The van der Waals surface area contributed by atoms with Crippen molar-refractivity contribution in [2.75, 3.05) is 7.11 Å². The molecule has 0 radical (unpaired) electrons. The van der Waals surface area contributed by atoms with Crippen molar-refractivity contribution in [1.82, 2.24) is 10.7 Å². The van der Waals surface area contributed by atoms with Crippen LogP contribution in [0.25, 0.3) is 0 Å². The molecule has 0 spiro atoms. The number of nitrogens with zero attached hydrogens (tertiary/aromatic N) is 1. The van der Waals surface area contributed by atoms with Gasteiger partial charge in [-0.15, -0.1) is 0 Å². The molecular formula is C17H15Cl2N3O4. The van der Waals surface area contributed by atoms with Gasteiger partial charge < -0.3 is 15.2 Å². The summed E-state index contributed by atoms with van der Waals surface area (Å²) in [5.74, 6) is -1.56. The number of aromatic hydroxyl groups is 1. The van der Waals surface area contributed by atoms with Crippen LogP contribution in [-0.4, -0.2) is 30.2 Å². The highest BCUT2D eigenvalue weighted by molar-refractivity contribution is 6.36. The number of rotatable bonds is 5. The van der Waals surface area contributed by atoms with Gasteiger partial charge in [0.1, 0.15) is 0 Å². The zero-order chi connectivity index (χ0) is 19.1. The van der Waals surface area contributed by atoms with Crippen LogP contribution >= 0.6 is 23.2 Å². The molecule has 9 heteroatoms. The van der Waals surface area contributed by atoms with Crippen LogP contribution in [0.4, 0.5) is 0 Å². The van der Waals surface area contributed by atoms with Crippen molar-refractivity contribution in [1.29, 1.82) is 0 Å². The summed E-state index contributed by atoms with van der Waals surface area (Å²) in [4.78, 5) is 23.5. The Kier molecular flexibility index (Phi) is 6.82. The minimum absolute atomic E-state index is 0.0195. The number of halogens is 2. The molecule has 26 heavy (non-hydrogen) atoms. The van der Waals surface area contributed by atoms with E-state index in [0.717, 1.165) is 0 Å². The number of hydrogen-bond acceptors (Lipinski definition) is 5. The molecule has 7 nitrogen and oxygen atoms in total. The Morgan fingerprint density at radius 2 is 1.96 bits per heavy atom. The average Bonchev–Trinajstić information content (AvgIpc) is 2.62. The molecule has 0 aliphatic heterocycles. The van der Waals surface area contributed by atoms with Gasteiger partial charge in [0.15, 0.2) is 11.5 Å². The van der Waals surface area contributed by atoms with Crippen LogP contribution in [0, 0.1) is 0 Å². The van der Waals surface area contributed by atoms with Crippen molar-refractivity contribution in [2.24, 2.45) is 5.10 Å². The fraction of sp³-hybridized carbons (Fsp3) is 0.118. The number of hydrogen-bond donors (Lipinski definition) is 3. The van der Waals surface area contributed by atoms with Crippen molar-refractivity contribution >= 4 is 41.2 Å². The zero-order valence-electron chi connectivity index (χ0n) is 13.6. The summed E-state index contributed by atoms with van der Waals surface area (Å²) in [5, 5.41) is 16.5. The number of phenolic OH excluding ortho intramolecular Hbond substituents is 1. The molecule has 0 heterocycles. The summed E-state index contributed by atoms with van der Waals surface area (Å²) in [6, 6.07) is 9.33. The second-order valence-corrected chi connectivity index (χ2v) is 5.89. The van der Waals surface area contributed by atoms with E-state index >= 15 is 0 Å². The largest absolute Gasteiger partial charge is 0.504 e. The number of carbonyl (C=O) groups is 2. The molecule has 2 aromatic carbocycles. The van der Waals surface area contributed by atoms with Crippen LogP contribution in [0.1, 0.15) is 11.1 Å². The maximum atomic E-state index is 11.8. The fourth-order valence-corrected chi connectivity index (χ4v) is 2.39. The molecule has 2 amide bonds. The average molecular weight is 396 g/mol. The Hall–Kier alpha value is -2.77. The van der Waals surface area contributed by atoms with Gasteiger partial charge in [0.05, 0.1) is 13.3 Å². The molecule has 0 aliphatic carbocycles. The van der Waals surface area contributed by atoms with Gasteiger partial charge in [-0.25, -0.2) is 5.43 Å². The Morgan fingerprint density at radius 1 is 1.19 bits per heavy atom. The van der Waals surface area contributed by atoms with Gasteiger partial charge in [-0.1, -0.05) is 29.3 Å². The standard InChI is InChI=1S/C17H15Cl2N3O4/c1-26-15-6-10(2-5-14(15)23)8-21-22-17(25)16(24)20-9-11-3-4-12(18)7-13(11)19/h2-8,23H,9H2,1H3,(H,20,24)(H,22,25)/b21-8-. The van der Waals surface area contributed by atoms with Gasteiger partial charge in [0.25, 0.3) is 0 Å². The molecule has 136 valence electrons. The van der Waals surface area contributed by atoms with Gasteiger partial charge >= 0.3 is 11.8 Å². The van der Waals surface area contributed by atoms with Crippen molar-refractivity contribution in [3.8, 4) is 11.5 Å². The number of benzene rings is 2. The third kappa shape index (κ3) is 5.37. The Bertz CT molecular complexity index is 856. The Balaban J connectivity index is 1.87. The van der Waals surface area contributed by atoms with Crippen LogP contribution in [0.3, 0.4) is 0 Å². The van der Waals surface area contributed by atoms with Crippen LogP contribution in [0.5, 0.6) is 11.5 Å². The number of phenols is 1. The van der Waals surface area contributed by atoms with Crippen LogP contribution in [0.2, 0.25) is 10.0 Å². The second kappa shape index (κ2) is 9.07. The smallest absolute Gasteiger partial charge is 0.329 e. The molecular weight excluding hydrogens is 381 g/mol. The van der Waals surface area contributed by atoms with E-state index in [2.05, 4.69) is 15.8 Å². The molecule has 3 N–H and O–H groups in total. The molecule has 0 fully saturated rings. The van der Waals surface area contributed by atoms with Crippen molar-refractivity contribution in [2.45, 2.75) is 6.54 Å². The Labute approximate surface area is 159 Å². The first-order valence-corrected chi connectivity index (χ1v) is 8.08. The van der Waals surface area contributed by atoms with Gasteiger partial charge in [0, 0.05) is 16.6 Å². The van der Waals surface area contributed by atoms with Crippen LogP contribution in [0.15, 0.2) is 41.5 Å². The first-order valence-electron chi connectivity index (χ1n) is 7.33. The molecule has 0 atom stereocenters. The zero-order valence-corrected chi connectivity index (χ0v) is 15.1. The summed E-state index contributed by atoms with van der Waals surface area (Å²) in [7, 11) is 1.41. The lowest BCUT2D eigenvalue weighted by molar-refractivity contribution is -0.139. The number of nitrogens with one attached hydrogen (secondary N) is 2. The Morgan fingerprint density at radius 3 is 2.65 bits per heavy atom. The van der Waals surface area contributed by atoms with E-state index in [9.17, 15) is 14.7 Å². The van der Waals surface area contributed by atoms with E-state index < -0.39 is 11.8 Å². The van der Waals surface area contributed by atoms with Gasteiger partial charge in [-0.3, -0.25) is 9.59 Å². The summed E-state index contributed by atoms with van der Waals surface area (Å²) < 4.78 is 4.96. The molecule has 0 bridgehead atoms. The lowest BCUT2D eigenvalue weighted by Crippen LogP contribution is -2.37. The number of carbonyl (C=O) groups excluding carboxylic acids is 2. The first kappa shape index (κ1) is 19.6. The molecule has 2 aromatic rings. The minimum atomic E-state index is -0.933. The summed E-state index contributed by atoms with van der Waals surface area (Å²) in [6.07, 6.45) is 1.31. The number of hydrazone groups is 1.